The number of nitrogens with one attached hydrogen (secondary N) is 2. The maximum atomic E-state index is 12.3. The fourth-order valence-electron chi connectivity index (χ4n) is 2.79. The summed E-state index contributed by atoms with van der Waals surface area (Å²) in [4.78, 5) is 12.3. The molecule has 0 saturated carbocycles. The van der Waals surface area contributed by atoms with Crippen LogP contribution in [0.3, 0.4) is 0 Å². The highest BCUT2D eigenvalue weighted by atomic mass is 16.5. The maximum absolute atomic E-state index is 12.3. The van der Waals surface area contributed by atoms with Gasteiger partial charge in [0.25, 0.3) is 5.91 Å². The average Bonchev–Trinajstić information content (AvgIpc) is 2.73. The summed E-state index contributed by atoms with van der Waals surface area (Å²) in [5, 5.41) is 14.2. The molecule has 0 saturated heterocycles. The zero-order valence-electron chi connectivity index (χ0n) is 16.1. The molecule has 0 bridgehead atoms. The quantitative estimate of drug-likeness (QED) is 0.630. The third-order valence-electron chi connectivity index (χ3n) is 4.45. The monoisotopic (exact) mass is 376 g/mol. The van der Waals surface area contributed by atoms with Crippen molar-refractivity contribution in [1.82, 2.24) is 15.5 Å². The van der Waals surface area contributed by atoms with Gasteiger partial charge in [-0.2, -0.15) is 0 Å². The highest BCUT2D eigenvalue weighted by molar-refractivity contribution is 5.92. The van der Waals surface area contributed by atoms with Crippen molar-refractivity contribution in [1.29, 1.82) is 0 Å². The van der Waals surface area contributed by atoms with Crippen LogP contribution in [0.25, 0.3) is 0 Å². The van der Waals surface area contributed by atoms with Gasteiger partial charge in [0, 0.05) is 13.1 Å². The molecular weight excluding hydrogens is 352 g/mol. The molecule has 1 amide bonds. The van der Waals surface area contributed by atoms with Crippen LogP contribution in [0, 0.1) is 6.92 Å². The van der Waals surface area contributed by atoms with Crippen LogP contribution in [0.5, 0.6) is 5.75 Å². The summed E-state index contributed by atoms with van der Waals surface area (Å²) < 4.78 is 5.23. The number of rotatable bonds is 8. The van der Waals surface area contributed by atoms with Gasteiger partial charge in [-0.25, -0.2) is 0 Å². The van der Waals surface area contributed by atoms with Gasteiger partial charge < -0.3 is 15.4 Å². The van der Waals surface area contributed by atoms with Crippen LogP contribution in [0.4, 0.5) is 5.82 Å². The molecule has 0 fully saturated rings. The largest absolute Gasteiger partial charge is 0.497 e. The number of aryl methyl sites for hydroxylation is 1. The van der Waals surface area contributed by atoms with Gasteiger partial charge in [-0.1, -0.05) is 36.4 Å². The van der Waals surface area contributed by atoms with Crippen molar-refractivity contribution in [2.24, 2.45) is 0 Å². The van der Waals surface area contributed by atoms with E-state index in [-0.39, 0.29) is 5.91 Å². The summed E-state index contributed by atoms with van der Waals surface area (Å²) >= 11 is 0. The maximum Gasteiger partial charge on any atom is 0.272 e. The van der Waals surface area contributed by atoms with Crippen LogP contribution in [-0.4, -0.2) is 29.8 Å². The number of methoxy groups -OCH3 is 1. The van der Waals surface area contributed by atoms with Gasteiger partial charge >= 0.3 is 0 Å². The summed E-state index contributed by atoms with van der Waals surface area (Å²) in [7, 11) is 1.66. The van der Waals surface area contributed by atoms with Crippen LogP contribution in [0.1, 0.15) is 27.2 Å². The molecule has 0 aliphatic rings. The molecule has 28 heavy (non-hydrogen) atoms. The molecule has 6 heteroatoms. The number of hydrogen-bond acceptors (Lipinski definition) is 5. The Balaban J connectivity index is 1.48. The predicted octanol–water partition coefficient (Wildman–Crippen LogP) is 3.38. The van der Waals surface area contributed by atoms with E-state index in [0.717, 1.165) is 23.3 Å². The van der Waals surface area contributed by atoms with Gasteiger partial charge in [-0.15, -0.1) is 10.2 Å². The predicted molar refractivity (Wildman–Crippen MR) is 110 cm³/mol. The van der Waals surface area contributed by atoms with E-state index >= 15 is 0 Å². The Kier molecular flexibility index (Phi) is 6.57. The van der Waals surface area contributed by atoms with Crippen molar-refractivity contribution in [2.75, 3.05) is 19.0 Å². The Bertz CT molecular complexity index is 926. The zero-order valence-corrected chi connectivity index (χ0v) is 16.1. The third-order valence-corrected chi connectivity index (χ3v) is 4.45. The molecule has 6 nitrogen and oxygen atoms in total. The lowest BCUT2D eigenvalue weighted by Gasteiger charge is -2.08. The molecule has 0 radical (unpaired) electrons. The molecule has 0 aliphatic carbocycles. The number of amides is 1. The topological polar surface area (TPSA) is 76.1 Å². The lowest BCUT2D eigenvalue weighted by atomic mass is 10.1. The van der Waals surface area contributed by atoms with Crippen molar-refractivity contribution in [2.45, 2.75) is 19.9 Å². The second kappa shape index (κ2) is 9.50. The summed E-state index contributed by atoms with van der Waals surface area (Å²) in [5.74, 6) is 1.25. The van der Waals surface area contributed by atoms with E-state index in [0.29, 0.717) is 24.6 Å². The van der Waals surface area contributed by atoms with Crippen LogP contribution in [-0.2, 0) is 13.0 Å². The van der Waals surface area contributed by atoms with E-state index in [1.165, 1.54) is 5.56 Å². The molecule has 2 N–H and O–H groups in total. The normalized spacial score (nSPS) is 10.4. The smallest absolute Gasteiger partial charge is 0.272 e. The highest BCUT2D eigenvalue weighted by Crippen LogP contribution is 2.13. The number of hydrogen-bond donors (Lipinski definition) is 2. The Morgan fingerprint density at radius 3 is 2.64 bits per heavy atom. The minimum absolute atomic E-state index is 0.237. The van der Waals surface area contributed by atoms with Crippen LogP contribution in [0.15, 0.2) is 60.7 Å². The van der Waals surface area contributed by atoms with Crippen molar-refractivity contribution in [3.05, 3.63) is 83.0 Å². The number of benzene rings is 2. The van der Waals surface area contributed by atoms with E-state index in [1.807, 2.05) is 49.4 Å². The Labute approximate surface area is 165 Å². The highest BCUT2D eigenvalue weighted by Gasteiger charge is 2.08. The third kappa shape index (κ3) is 5.30. The molecule has 1 aromatic heterocycles. The number of anilines is 1. The van der Waals surface area contributed by atoms with Crippen LogP contribution in [0.2, 0.25) is 0 Å². The first-order valence-corrected chi connectivity index (χ1v) is 9.19. The fraction of sp³-hybridized carbons (Fsp3) is 0.227. The minimum Gasteiger partial charge on any atom is -0.497 e. The molecule has 1 heterocycles. The molecular formula is C22H24N4O2. The molecule has 144 valence electrons. The molecule has 3 rings (SSSR count). The van der Waals surface area contributed by atoms with Gasteiger partial charge in [0.05, 0.1) is 7.11 Å². The zero-order chi connectivity index (χ0) is 19.8. The van der Waals surface area contributed by atoms with Gasteiger partial charge in [0.2, 0.25) is 0 Å². The van der Waals surface area contributed by atoms with E-state index in [2.05, 4.69) is 26.9 Å². The molecule has 0 atom stereocenters. The number of carbonyl (C=O) groups is 1. The second-order valence-corrected chi connectivity index (χ2v) is 6.44. The first-order valence-electron chi connectivity index (χ1n) is 9.19. The molecule has 0 spiro atoms. The Hall–Kier alpha value is -3.41. The molecule has 3 aromatic rings. The standard InChI is InChI=1S/C22H24N4O2/c1-16-6-3-4-8-18(16)15-24-22(27)20-10-11-21(26-25-20)23-13-12-17-7-5-9-19(14-17)28-2/h3-11,14H,12-13,15H2,1-2H3,(H,23,26)(H,24,27). The number of carbonyl (C=O) groups excluding carboxylic acids is 1. The van der Waals surface area contributed by atoms with Crippen LogP contribution < -0.4 is 15.4 Å². The van der Waals surface area contributed by atoms with Gasteiger partial charge in [-0.3, -0.25) is 4.79 Å². The summed E-state index contributed by atoms with van der Waals surface area (Å²) in [6, 6.07) is 19.3. The Morgan fingerprint density at radius 1 is 1.04 bits per heavy atom. The summed E-state index contributed by atoms with van der Waals surface area (Å²) in [6.45, 7) is 3.20. The van der Waals surface area contributed by atoms with Crippen molar-refractivity contribution < 1.29 is 9.53 Å². The van der Waals surface area contributed by atoms with Gasteiger partial charge in [0.15, 0.2) is 5.69 Å². The lowest BCUT2D eigenvalue weighted by molar-refractivity contribution is 0.0945. The molecule has 0 unspecified atom stereocenters. The fourth-order valence-corrected chi connectivity index (χ4v) is 2.79. The van der Waals surface area contributed by atoms with E-state index < -0.39 is 0 Å². The Morgan fingerprint density at radius 2 is 1.89 bits per heavy atom. The van der Waals surface area contributed by atoms with E-state index in [4.69, 9.17) is 4.74 Å². The van der Waals surface area contributed by atoms with Gasteiger partial charge in [-0.05, 0) is 54.3 Å². The number of nitrogens with zero attached hydrogens (tertiary/aromatic N) is 2. The SMILES string of the molecule is COc1cccc(CCNc2ccc(C(=O)NCc3ccccc3C)nn2)c1. The van der Waals surface area contributed by atoms with Gasteiger partial charge in [0.1, 0.15) is 11.6 Å². The van der Waals surface area contributed by atoms with Crippen molar-refractivity contribution in [3.63, 3.8) is 0 Å². The molecule has 2 aromatic carbocycles. The number of aromatic nitrogens is 2. The molecule has 0 aliphatic heterocycles. The first-order chi connectivity index (χ1) is 13.7. The van der Waals surface area contributed by atoms with E-state index in [1.54, 1.807) is 19.2 Å². The average molecular weight is 376 g/mol. The summed E-state index contributed by atoms with van der Waals surface area (Å²) in [6.07, 6.45) is 0.831. The van der Waals surface area contributed by atoms with E-state index in [9.17, 15) is 4.79 Å². The first kappa shape index (κ1) is 19.4. The number of ether oxygens (including phenoxy) is 1. The second-order valence-electron chi connectivity index (χ2n) is 6.44. The van der Waals surface area contributed by atoms with Crippen LogP contribution >= 0.6 is 0 Å². The minimum atomic E-state index is -0.237. The summed E-state index contributed by atoms with van der Waals surface area (Å²) in [5.41, 5.74) is 3.70. The van der Waals surface area contributed by atoms with Crippen molar-refractivity contribution in [3.8, 4) is 5.75 Å². The van der Waals surface area contributed by atoms with Crippen molar-refractivity contribution >= 4 is 11.7 Å². The lowest BCUT2D eigenvalue weighted by Crippen LogP contribution is -2.24.